The first kappa shape index (κ1) is 17.4. The Kier molecular flexibility index (Phi) is 6.63. The van der Waals surface area contributed by atoms with Gasteiger partial charge in [0.25, 0.3) is 0 Å². The fraction of sp³-hybridized carbons (Fsp3) is 0.389. The van der Waals surface area contributed by atoms with Gasteiger partial charge in [0, 0.05) is 6.08 Å². The third-order valence-corrected chi connectivity index (χ3v) is 8.27. The van der Waals surface area contributed by atoms with Gasteiger partial charge in [-0.05, 0) is 18.4 Å². The summed E-state index contributed by atoms with van der Waals surface area (Å²) in [6.45, 7) is 12.8. The van der Waals surface area contributed by atoms with Crippen molar-refractivity contribution >= 4 is 19.2 Å². The average molecular weight is 302 g/mol. The van der Waals surface area contributed by atoms with Crippen molar-refractivity contribution in [2.75, 3.05) is 6.61 Å². The Morgan fingerprint density at radius 2 is 1.95 bits per heavy atom. The van der Waals surface area contributed by atoms with Crippen molar-refractivity contribution in [2.24, 2.45) is 5.92 Å². The number of hydrogen-bond acceptors (Lipinski definition) is 2. The van der Waals surface area contributed by atoms with Gasteiger partial charge in [-0.25, -0.2) is 4.79 Å². The van der Waals surface area contributed by atoms with Gasteiger partial charge in [-0.3, -0.25) is 0 Å². The standard InChI is InChI=1S/C18H26O2Si/c1-6-11-17(15(3)14-20-18(19)7-2)21(4,5)16-12-9-8-10-13-16/h6-13,15,17H,2,14H2,1,3-5H3/b11-6+/t15-,17+/m1/s1. The molecule has 2 atom stereocenters. The summed E-state index contributed by atoms with van der Waals surface area (Å²) in [6.07, 6.45) is 5.59. The van der Waals surface area contributed by atoms with Crippen molar-refractivity contribution in [1.29, 1.82) is 0 Å². The summed E-state index contributed by atoms with van der Waals surface area (Å²) in [5, 5.41) is 1.43. The van der Waals surface area contributed by atoms with Crippen LogP contribution in [0.25, 0.3) is 0 Å². The highest BCUT2D eigenvalue weighted by Crippen LogP contribution is 2.31. The van der Waals surface area contributed by atoms with E-state index in [2.05, 4.69) is 63.0 Å². The molecule has 0 aliphatic rings. The van der Waals surface area contributed by atoms with E-state index in [1.807, 2.05) is 13.0 Å². The van der Waals surface area contributed by atoms with Crippen molar-refractivity contribution in [1.82, 2.24) is 0 Å². The van der Waals surface area contributed by atoms with E-state index in [1.54, 1.807) is 0 Å². The van der Waals surface area contributed by atoms with E-state index >= 15 is 0 Å². The van der Waals surface area contributed by atoms with E-state index in [0.717, 1.165) is 0 Å². The quantitative estimate of drug-likeness (QED) is 0.330. The molecule has 0 bridgehead atoms. The second-order valence-electron chi connectivity index (χ2n) is 5.95. The van der Waals surface area contributed by atoms with Crippen LogP contribution in [0.15, 0.2) is 55.1 Å². The van der Waals surface area contributed by atoms with Gasteiger partial charge in [0.15, 0.2) is 0 Å². The van der Waals surface area contributed by atoms with Gasteiger partial charge in [-0.15, -0.1) is 0 Å². The van der Waals surface area contributed by atoms with Crippen LogP contribution in [0.1, 0.15) is 13.8 Å². The lowest BCUT2D eigenvalue weighted by atomic mass is 10.1. The number of hydrogen-bond donors (Lipinski definition) is 0. The SMILES string of the molecule is C=CC(=O)OC[C@@H](C)[C@H](/C=C/C)[Si](C)(C)c1ccccc1. The van der Waals surface area contributed by atoms with Crippen LogP contribution < -0.4 is 5.19 Å². The van der Waals surface area contributed by atoms with Gasteiger partial charge in [-0.2, -0.15) is 0 Å². The van der Waals surface area contributed by atoms with E-state index < -0.39 is 8.07 Å². The van der Waals surface area contributed by atoms with Gasteiger partial charge in [0.2, 0.25) is 0 Å². The maximum absolute atomic E-state index is 11.3. The van der Waals surface area contributed by atoms with E-state index in [4.69, 9.17) is 4.74 Å². The van der Waals surface area contributed by atoms with E-state index in [0.29, 0.717) is 12.1 Å². The molecule has 1 aromatic rings. The van der Waals surface area contributed by atoms with Crippen LogP contribution in [0, 0.1) is 5.92 Å². The molecule has 1 rings (SSSR count). The Balaban J connectivity index is 2.94. The van der Waals surface area contributed by atoms with Gasteiger partial charge < -0.3 is 4.74 Å². The molecule has 0 fully saturated rings. The van der Waals surface area contributed by atoms with Gasteiger partial charge in [0.1, 0.15) is 0 Å². The number of carbonyl (C=O) groups excluding carboxylic acids is 1. The predicted molar refractivity (Wildman–Crippen MR) is 92.4 cm³/mol. The molecule has 0 heterocycles. The molecule has 0 radical (unpaired) electrons. The second-order valence-corrected chi connectivity index (χ2v) is 10.6. The van der Waals surface area contributed by atoms with Crippen LogP contribution in [-0.4, -0.2) is 20.7 Å². The molecule has 0 unspecified atom stereocenters. The van der Waals surface area contributed by atoms with Crippen molar-refractivity contribution in [3.63, 3.8) is 0 Å². The van der Waals surface area contributed by atoms with E-state index in [1.165, 1.54) is 11.3 Å². The lowest BCUT2D eigenvalue weighted by Gasteiger charge is -2.35. The monoisotopic (exact) mass is 302 g/mol. The Hall–Kier alpha value is -1.61. The number of carbonyl (C=O) groups is 1. The Bertz CT molecular complexity index is 491. The number of esters is 1. The zero-order chi connectivity index (χ0) is 15.9. The zero-order valence-corrected chi connectivity index (χ0v) is 14.5. The summed E-state index contributed by atoms with van der Waals surface area (Å²) in [4.78, 5) is 11.3. The maximum atomic E-state index is 11.3. The minimum atomic E-state index is -1.68. The maximum Gasteiger partial charge on any atom is 0.330 e. The third-order valence-electron chi connectivity index (χ3n) is 4.02. The zero-order valence-electron chi connectivity index (χ0n) is 13.5. The molecule has 0 amide bonds. The third kappa shape index (κ3) is 4.71. The molecule has 3 heteroatoms. The number of benzene rings is 1. The number of ether oxygens (including phenoxy) is 1. The van der Waals surface area contributed by atoms with Gasteiger partial charge in [0.05, 0.1) is 14.7 Å². The average Bonchev–Trinajstić information content (AvgIpc) is 2.50. The van der Waals surface area contributed by atoms with Crippen molar-refractivity contribution in [2.45, 2.75) is 32.5 Å². The molecule has 2 nitrogen and oxygen atoms in total. The second kappa shape index (κ2) is 7.98. The first-order valence-electron chi connectivity index (χ1n) is 7.41. The lowest BCUT2D eigenvalue weighted by molar-refractivity contribution is -0.138. The predicted octanol–water partition coefficient (Wildman–Crippen LogP) is 3.91. The van der Waals surface area contributed by atoms with Gasteiger partial charge >= 0.3 is 5.97 Å². The van der Waals surface area contributed by atoms with Crippen LogP contribution >= 0.6 is 0 Å². The fourth-order valence-electron chi connectivity index (χ4n) is 2.79. The first-order valence-corrected chi connectivity index (χ1v) is 10.5. The van der Waals surface area contributed by atoms with Crippen LogP contribution in [0.4, 0.5) is 0 Å². The summed E-state index contributed by atoms with van der Waals surface area (Å²) in [6, 6.07) is 10.7. The topological polar surface area (TPSA) is 26.3 Å². The van der Waals surface area contributed by atoms with Crippen LogP contribution in [0.5, 0.6) is 0 Å². The van der Waals surface area contributed by atoms with Crippen molar-refractivity contribution < 1.29 is 9.53 Å². The fourth-order valence-corrected chi connectivity index (χ4v) is 6.41. The molecular formula is C18H26O2Si. The van der Waals surface area contributed by atoms with Gasteiger partial charge in [-0.1, -0.05) is 74.3 Å². The molecule has 0 saturated heterocycles. The first-order chi connectivity index (χ1) is 9.93. The highest BCUT2D eigenvalue weighted by Gasteiger charge is 2.35. The lowest BCUT2D eigenvalue weighted by Crippen LogP contribution is -2.48. The summed E-state index contributed by atoms with van der Waals surface area (Å²) in [7, 11) is -1.68. The smallest absolute Gasteiger partial charge is 0.330 e. The van der Waals surface area contributed by atoms with Crippen molar-refractivity contribution in [3.8, 4) is 0 Å². The Labute approximate surface area is 129 Å². The van der Waals surface area contributed by atoms with Crippen LogP contribution in [0.3, 0.4) is 0 Å². The molecule has 1 aromatic carbocycles. The summed E-state index contributed by atoms with van der Waals surface area (Å²) in [5.41, 5.74) is 0.419. The molecule has 0 saturated carbocycles. The Morgan fingerprint density at radius 1 is 1.33 bits per heavy atom. The number of allylic oxidation sites excluding steroid dienone is 2. The largest absolute Gasteiger partial charge is 0.462 e. The summed E-state index contributed by atoms with van der Waals surface area (Å²) < 4.78 is 5.24. The normalized spacial score (nSPS) is 14.7. The molecule has 114 valence electrons. The minimum absolute atomic E-state index is 0.284. The molecule has 0 spiro atoms. The highest BCUT2D eigenvalue weighted by molar-refractivity contribution is 6.91. The highest BCUT2D eigenvalue weighted by atomic mass is 28.3. The minimum Gasteiger partial charge on any atom is -0.462 e. The molecule has 0 aromatic heterocycles. The van der Waals surface area contributed by atoms with Crippen LogP contribution in [-0.2, 0) is 9.53 Å². The molecular weight excluding hydrogens is 276 g/mol. The molecule has 0 aliphatic heterocycles. The van der Waals surface area contributed by atoms with E-state index in [-0.39, 0.29) is 11.9 Å². The Morgan fingerprint density at radius 3 is 2.48 bits per heavy atom. The number of rotatable bonds is 7. The molecule has 21 heavy (non-hydrogen) atoms. The van der Waals surface area contributed by atoms with Crippen LogP contribution in [0.2, 0.25) is 18.6 Å². The van der Waals surface area contributed by atoms with Crippen molar-refractivity contribution in [3.05, 3.63) is 55.1 Å². The summed E-state index contributed by atoms with van der Waals surface area (Å²) >= 11 is 0. The molecule has 0 aliphatic carbocycles. The molecule has 0 N–H and O–H groups in total. The van der Waals surface area contributed by atoms with E-state index in [9.17, 15) is 4.79 Å². The summed E-state index contributed by atoms with van der Waals surface area (Å²) in [5.74, 6) is -0.0627.